The van der Waals surface area contributed by atoms with E-state index in [9.17, 15) is 5.11 Å². The zero-order valence-corrected chi connectivity index (χ0v) is 17.4. The summed E-state index contributed by atoms with van der Waals surface area (Å²) in [5.74, 6) is 1.69. The van der Waals surface area contributed by atoms with Crippen molar-refractivity contribution in [1.29, 1.82) is 0 Å². The quantitative estimate of drug-likeness (QED) is 0.328. The number of halogens is 1. The zero-order chi connectivity index (χ0) is 17.4. The minimum atomic E-state index is 0. The lowest BCUT2D eigenvalue weighted by atomic mass is 9.72. The van der Waals surface area contributed by atoms with Crippen molar-refractivity contribution in [2.45, 2.75) is 38.5 Å². The Morgan fingerprint density at radius 2 is 1.88 bits per heavy atom. The average Bonchev–Trinajstić information content (AvgIpc) is 2.61. The van der Waals surface area contributed by atoms with Gasteiger partial charge in [-0.2, -0.15) is 0 Å². The number of nitrogens with one attached hydrogen (secondary N) is 1. The summed E-state index contributed by atoms with van der Waals surface area (Å²) in [5, 5.41) is 12.5. The molecule has 1 saturated carbocycles. The van der Waals surface area contributed by atoms with Crippen LogP contribution in [0.4, 0.5) is 5.69 Å². The Hall–Kier alpha value is -1.22. The van der Waals surface area contributed by atoms with E-state index in [1.807, 2.05) is 18.2 Å². The largest absolute Gasteiger partial charge is 0.493 e. The number of aliphatic imine (C=N–C) groups is 1. The molecule has 25 heavy (non-hydrogen) atoms. The third kappa shape index (κ3) is 6.22. The highest BCUT2D eigenvalue weighted by atomic mass is 127. The summed E-state index contributed by atoms with van der Waals surface area (Å²) in [6.45, 7) is 0.859. The van der Waals surface area contributed by atoms with E-state index < -0.39 is 0 Å². The fraction of sp³-hybridized carbons (Fsp3) is 0.611. The first-order valence-electron chi connectivity index (χ1n) is 8.52. The predicted molar refractivity (Wildman–Crippen MR) is 112 cm³/mol. The first-order valence-corrected chi connectivity index (χ1v) is 8.52. The van der Waals surface area contributed by atoms with Crippen LogP contribution in [0.1, 0.15) is 38.5 Å². The number of anilines is 1. The number of rotatable bonds is 7. The highest BCUT2D eigenvalue weighted by Gasteiger charge is 2.31. The fourth-order valence-corrected chi connectivity index (χ4v) is 3.38. The Morgan fingerprint density at radius 3 is 2.48 bits per heavy atom. The van der Waals surface area contributed by atoms with Crippen molar-refractivity contribution < 1.29 is 14.6 Å². The van der Waals surface area contributed by atoms with E-state index in [1.54, 1.807) is 14.2 Å². The lowest BCUT2D eigenvalue weighted by Gasteiger charge is -2.35. The minimum absolute atomic E-state index is 0. The number of ether oxygens (including phenoxy) is 2. The average molecular weight is 463 g/mol. The maximum Gasteiger partial charge on any atom is 0.193 e. The number of hydrogen-bond donors (Lipinski definition) is 3. The molecule has 1 aliphatic rings. The molecule has 0 saturated heterocycles. The van der Waals surface area contributed by atoms with Gasteiger partial charge in [0.2, 0.25) is 0 Å². The molecule has 0 aromatic heterocycles. The first-order chi connectivity index (χ1) is 11.6. The highest BCUT2D eigenvalue weighted by Crippen LogP contribution is 2.39. The number of nitrogens with two attached hydrogens (primary N) is 1. The van der Waals surface area contributed by atoms with Crippen molar-refractivity contribution >= 4 is 35.6 Å². The molecule has 0 aliphatic heterocycles. The number of nitrogens with zero attached hydrogens (tertiary/aromatic N) is 1. The van der Waals surface area contributed by atoms with E-state index in [0.29, 0.717) is 24.0 Å². The summed E-state index contributed by atoms with van der Waals surface area (Å²) >= 11 is 0. The Bertz CT molecular complexity index is 555. The maximum atomic E-state index is 9.37. The van der Waals surface area contributed by atoms with Crippen LogP contribution in [0.5, 0.6) is 11.5 Å². The second-order valence-corrected chi connectivity index (χ2v) is 6.43. The van der Waals surface area contributed by atoms with Crippen molar-refractivity contribution in [3.8, 4) is 11.5 Å². The number of benzene rings is 1. The van der Waals surface area contributed by atoms with Crippen molar-refractivity contribution in [2.24, 2.45) is 16.1 Å². The van der Waals surface area contributed by atoms with Crippen LogP contribution in [0.15, 0.2) is 23.2 Å². The molecule has 6 nitrogen and oxygen atoms in total. The molecule has 0 heterocycles. The van der Waals surface area contributed by atoms with Crippen LogP contribution in [0, 0.1) is 5.41 Å². The molecule has 1 fully saturated rings. The summed E-state index contributed by atoms with van der Waals surface area (Å²) in [7, 11) is 3.20. The van der Waals surface area contributed by atoms with Crippen molar-refractivity contribution in [3.63, 3.8) is 0 Å². The summed E-state index contributed by atoms with van der Waals surface area (Å²) in [4.78, 5) is 4.53. The minimum Gasteiger partial charge on any atom is -0.493 e. The second kappa shape index (κ2) is 10.7. The van der Waals surface area contributed by atoms with Gasteiger partial charge in [0.25, 0.3) is 0 Å². The van der Waals surface area contributed by atoms with Gasteiger partial charge in [0.05, 0.1) is 14.2 Å². The van der Waals surface area contributed by atoms with Crippen molar-refractivity contribution in [3.05, 3.63) is 18.2 Å². The number of aliphatic hydroxyl groups is 1. The topological polar surface area (TPSA) is 89.1 Å². The molecule has 0 radical (unpaired) electrons. The van der Waals surface area contributed by atoms with Gasteiger partial charge in [-0.3, -0.25) is 4.99 Å². The van der Waals surface area contributed by atoms with Gasteiger partial charge in [0.15, 0.2) is 17.5 Å². The normalized spacial score (nSPS) is 16.7. The van der Waals surface area contributed by atoms with Gasteiger partial charge in [-0.25, -0.2) is 0 Å². The fourth-order valence-electron chi connectivity index (χ4n) is 3.38. The van der Waals surface area contributed by atoms with E-state index in [-0.39, 0.29) is 36.0 Å². The van der Waals surface area contributed by atoms with E-state index in [0.717, 1.165) is 24.9 Å². The number of methoxy groups -OCH3 is 2. The number of aliphatic hydroxyl groups excluding tert-OH is 1. The zero-order valence-electron chi connectivity index (χ0n) is 15.1. The number of guanidine groups is 1. The molecule has 1 aromatic carbocycles. The van der Waals surface area contributed by atoms with Crippen molar-refractivity contribution in [1.82, 2.24) is 0 Å². The standard InChI is InChI=1S/C18H29N3O3.HI/c1-23-15-7-6-14(12-16(15)24-2)21-17(19)20-13-18(10-11-22)8-4-3-5-9-18;/h6-7,12,22H,3-5,8-11,13H2,1-2H3,(H3,19,20,21);1H. The van der Waals surface area contributed by atoms with Crippen LogP contribution in [0.3, 0.4) is 0 Å². The van der Waals surface area contributed by atoms with Crippen LogP contribution in [0.25, 0.3) is 0 Å². The third-order valence-electron chi connectivity index (χ3n) is 4.80. The summed E-state index contributed by atoms with van der Waals surface area (Å²) in [5.41, 5.74) is 6.94. The monoisotopic (exact) mass is 463 g/mol. The molecular formula is C18H30IN3O3. The second-order valence-electron chi connectivity index (χ2n) is 6.43. The Morgan fingerprint density at radius 1 is 1.20 bits per heavy atom. The van der Waals surface area contributed by atoms with E-state index in [4.69, 9.17) is 15.2 Å². The molecule has 2 rings (SSSR count). The first kappa shape index (κ1) is 21.8. The van der Waals surface area contributed by atoms with E-state index >= 15 is 0 Å². The van der Waals surface area contributed by atoms with Gasteiger partial charge >= 0.3 is 0 Å². The van der Waals surface area contributed by atoms with Gasteiger partial charge in [-0.15, -0.1) is 24.0 Å². The predicted octanol–water partition coefficient (Wildman–Crippen LogP) is 3.38. The molecule has 0 bridgehead atoms. The Kier molecular flexibility index (Phi) is 9.34. The smallest absolute Gasteiger partial charge is 0.193 e. The van der Waals surface area contributed by atoms with Gasteiger partial charge in [0, 0.05) is 24.9 Å². The Labute approximate surface area is 167 Å². The van der Waals surface area contributed by atoms with Crippen LogP contribution >= 0.6 is 24.0 Å². The molecule has 142 valence electrons. The maximum absolute atomic E-state index is 9.37. The molecule has 1 aliphatic carbocycles. The van der Waals surface area contributed by atoms with Crippen LogP contribution < -0.4 is 20.5 Å². The number of hydrogen-bond acceptors (Lipinski definition) is 4. The van der Waals surface area contributed by atoms with Crippen LogP contribution in [-0.4, -0.2) is 38.4 Å². The van der Waals surface area contributed by atoms with Crippen LogP contribution in [-0.2, 0) is 0 Å². The van der Waals surface area contributed by atoms with Gasteiger partial charge in [-0.1, -0.05) is 19.3 Å². The highest BCUT2D eigenvalue weighted by molar-refractivity contribution is 14.0. The van der Waals surface area contributed by atoms with E-state index in [1.165, 1.54) is 19.3 Å². The lowest BCUT2D eigenvalue weighted by Crippen LogP contribution is -2.31. The van der Waals surface area contributed by atoms with Crippen molar-refractivity contribution in [2.75, 3.05) is 32.7 Å². The molecule has 0 atom stereocenters. The van der Waals surface area contributed by atoms with Gasteiger partial charge in [0.1, 0.15) is 0 Å². The molecule has 1 aromatic rings. The van der Waals surface area contributed by atoms with E-state index in [2.05, 4.69) is 10.3 Å². The lowest BCUT2D eigenvalue weighted by molar-refractivity contribution is 0.137. The van der Waals surface area contributed by atoms with Crippen LogP contribution in [0.2, 0.25) is 0 Å². The molecular weight excluding hydrogens is 433 g/mol. The molecule has 4 N–H and O–H groups in total. The third-order valence-corrected chi connectivity index (χ3v) is 4.80. The SMILES string of the molecule is COc1ccc(NC(N)=NCC2(CCO)CCCCC2)cc1OC.I. The molecule has 7 heteroatoms. The summed E-state index contributed by atoms with van der Waals surface area (Å²) in [6, 6.07) is 5.52. The summed E-state index contributed by atoms with van der Waals surface area (Å²) in [6.07, 6.45) is 6.70. The Balaban J connectivity index is 0.00000312. The van der Waals surface area contributed by atoms with Gasteiger partial charge in [-0.05, 0) is 36.8 Å². The van der Waals surface area contributed by atoms with Gasteiger partial charge < -0.3 is 25.6 Å². The molecule has 0 amide bonds. The molecule has 0 unspecified atom stereocenters. The molecule has 0 spiro atoms. The summed E-state index contributed by atoms with van der Waals surface area (Å²) < 4.78 is 10.5.